The Hall–Kier alpha value is -2.51. The molecular formula is C35H57O8P. The second-order valence-corrected chi connectivity index (χ2v) is 11.8. The zero-order valence-electron chi connectivity index (χ0n) is 27.0. The summed E-state index contributed by atoms with van der Waals surface area (Å²) in [5.41, 5.74) is 0. The molecule has 0 aromatic heterocycles. The van der Waals surface area contributed by atoms with Crippen LogP contribution >= 0.6 is 7.82 Å². The molecule has 9 heteroatoms. The van der Waals surface area contributed by atoms with Gasteiger partial charge in [-0.2, -0.15) is 0 Å². The third kappa shape index (κ3) is 32.4. The highest BCUT2D eigenvalue weighted by atomic mass is 31.2. The summed E-state index contributed by atoms with van der Waals surface area (Å²) in [6.45, 7) is 3.41. The van der Waals surface area contributed by atoms with E-state index in [0.717, 1.165) is 32.1 Å². The van der Waals surface area contributed by atoms with E-state index in [1.807, 2.05) is 54.7 Å². The molecule has 8 nitrogen and oxygen atoms in total. The van der Waals surface area contributed by atoms with Gasteiger partial charge < -0.3 is 19.3 Å². The van der Waals surface area contributed by atoms with Crippen molar-refractivity contribution in [2.45, 2.75) is 123 Å². The Morgan fingerprint density at radius 2 is 1.14 bits per heavy atom. The fourth-order valence-corrected chi connectivity index (χ4v) is 4.28. The number of esters is 2. The first-order valence-corrected chi connectivity index (χ1v) is 17.8. The van der Waals surface area contributed by atoms with Gasteiger partial charge in [0.2, 0.25) is 0 Å². The van der Waals surface area contributed by atoms with E-state index >= 15 is 0 Å². The first kappa shape index (κ1) is 41.5. The van der Waals surface area contributed by atoms with E-state index in [4.69, 9.17) is 19.3 Å². The quantitative estimate of drug-likeness (QED) is 0.0287. The lowest BCUT2D eigenvalue weighted by Crippen LogP contribution is -2.29. The van der Waals surface area contributed by atoms with E-state index < -0.39 is 32.5 Å². The van der Waals surface area contributed by atoms with Crippen LogP contribution in [0.1, 0.15) is 117 Å². The number of unbranched alkanes of at least 4 members (excludes halogenated alkanes) is 10. The standard InChI is InChI=1S/C35H57O8P/c1-3-5-7-9-11-13-15-17-19-21-23-25-27-29-34(36)41-31-33(32-42-44(38,39)40)43-35(37)30-28-26-24-22-20-18-16-14-12-10-8-6-4-2/h6,8,10,12,14,16-20,22,24,33H,3-5,7,9,11,13,15,21,23,25-32H2,1-2H3,(H2,38,39,40)/b8-6+,12-10+,16-14+,19-17+,20-18+,24-22+. The lowest BCUT2D eigenvalue weighted by atomic mass is 10.1. The minimum absolute atomic E-state index is 0.109. The second-order valence-electron chi connectivity index (χ2n) is 10.5. The van der Waals surface area contributed by atoms with E-state index in [0.29, 0.717) is 19.3 Å². The number of rotatable bonds is 28. The van der Waals surface area contributed by atoms with Gasteiger partial charge in [0.25, 0.3) is 0 Å². The highest BCUT2D eigenvalue weighted by molar-refractivity contribution is 7.46. The van der Waals surface area contributed by atoms with Gasteiger partial charge in [0.15, 0.2) is 6.10 Å². The number of allylic oxidation sites excluding steroid dienone is 12. The van der Waals surface area contributed by atoms with Crippen molar-refractivity contribution in [2.75, 3.05) is 13.2 Å². The fourth-order valence-electron chi connectivity index (χ4n) is 3.92. The molecule has 0 rings (SSSR count). The van der Waals surface area contributed by atoms with E-state index in [2.05, 4.69) is 36.6 Å². The lowest BCUT2D eigenvalue weighted by Gasteiger charge is -2.18. The highest BCUT2D eigenvalue weighted by Crippen LogP contribution is 2.35. The molecule has 0 aliphatic carbocycles. The molecule has 0 amide bonds. The molecule has 0 bridgehead atoms. The van der Waals surface area contributed by atoms with Crippen LogP contribution in [0.2, 0.25) is 0 Å². The van der Waals surface area contributed by atoms with Gasteiger partial charge in [0.05, 0.1) is 6.61 Å². The average Bonchev–Trinajstić information content (AvgIpc) is 2.98. The van der Waals surface area contributed by atoms with Crippen LogP contribution < -0.4 is 0 Å². The van der Waals surface area contributed by atoms with Crippen molar-refractivity contribution in [3.8, 4) is 0 Å². The minimum atomic E-state index is -4.77. The van der Waals surface area contributed by atoms with Gasteiger partial charge in [-0.15, -0.1) is 0 Å². The van der Waals surface area contributed by atoms with Crippen molar-refractivity contribution in [1.29, 1.82) is 0 Å². The zero-order valence-corrected chi connectivity index (χ0v) is 27.9. The van der Waals surface area contributed by atoms with Crippen LogP contribution in [0.5, 0.6) is 0 Å². The van der Waals surface area contributed by atoms with E-state index in [-0.39, 0.29) is 19.4 Å². The molecule has 0 spiro atoms. The van der Waals surface area contributed by atoms with Gasteiger partial charge in [0.1, 0.15) is 6.61 Å². The van der Waals surface area contributed by atoms with Gasteiger partial charge >= 0.3 is 19.8 Å². The van der Waals surface area contributed by atoms with E-state index in [1.54, 1.807) is 0 Å². The monoisotopic (exact) mass is 636 g/mol. The third-order valence-corrected chi connectivity index (χ3v) is 6.82. The first-order chi connectivity index (χ1) is 21.3. The second kappa shape index (κ2) is 30.5. The normalized spacial score (nSPS) is 13.5. The predicted molar refractivity (Wildman–Crippen MR) is 179 cm³/mol. The van der Waals surface area contributed by atoms with Gasteiger partial charge in [-0.1, -0.05) is 125 Å². The molecule has 1 atom stereocenters. The minimum Gasteiger partial charge on any atom is -0.462 e. The van der Waals surface area contributed by atoms with Crippen molar-refractivity contribution < 1.29 is 37.9 Å². The summed E-state index contributed by atoms with van der Waals surface area (Å²) in [5.74, 6) is -1.00. The molecule has 44 heavy (non-hydrogen) atoms. The molecule has 0 aliphatic heterocycles. The van der Waals surface area contributed by atoms with Crippen molar-refractivity contribution in [3.05, 3.63) is 72.9 Å². The summed E-state index contributed by atoms with van der Waals surface area (Å²) >= 11 is 0. The Morgan fingerprint density at radius 3 is 1.75 bits per heavy atom. The third-order valence-electron chi connectivity index (χ3n) is 6.34. The Labute approximate surface area is 266 Å². The van der Waals surface area contributed by atoms with Crippen molar-refractivity contribution in [2.24, 2.45) is 0 Å². The maximum absolute atomic E-state index is 12.3. The van der Waals surface area contributed by atoms with Crippen LogP contribution in [0.25, 0.3) is 0 Å². The summed E-state index contributed by atoms with van der Waals surface area (Å²) in [6, 6.07) is 0. The summed E-state index contributed by atoms with van der Waals surface area (Å²) in [4.78, 5) is 42.4. The van der Waals surface area contributed by atoms with E-state index in [9.17, 15) is 14.2 Å². The number of hydrogen-bond donors (Lipinski definition) is 2. The topological polar surface area (TPSA) is 119 Å². The summed E-state index contributed by atoms with van der Waals surface area (Å²) in [6.07, 6.45) is 37.8. The van der Waals surface area contributed by atoms with Gasteiger partial charge in [-0.3, -0.25) is 14.1 Å². The maximum Gasteiger partial charge on any atom is 0.469 e. The van der Waals surface area contributed by atoms with Gasteiger partial charge in [-0.05, 0) is 51.4 Å². The smallest absolute Gasteiger partial charge is 0.462 e. The van der Waals surface area contributed by atoms with Crippen LogP contribution in [0.3, 0.4) is 0 Å². The summed E-state index contributed by atoms with van der Waals surface area (Å²) in [7, 11) is -4.77. The number of ether oxygens (including phenoxy) is 2. The van der Waals surface area contributed by atoms with Crippen LogP contribution in [-0.2, 0) is 28.2 Å². The van der Waals surface area contributed by atoms with Crippen LogP contribution in [0.15, 0.2) is 72.9 Å². The molecule has 0 aliphatic rings. The number of hydrogen-bond acceptors (Lipinski definition) is 6. The molecule has 0 saturated carbocycles. The van der Waals surface area contributed by atoms with Gasteiger partial charge in [0, 0.05) is 12.8 Å². The first-order valence-electron chi connectivity index (χ1n) is 16.3. The number of phosphoric ester groups is 1. The number of carbonyl (C=O) groups excluding carboxylic acids is 2. The summed E-state index contributed by atoms with van der Waals surface area (Å²) in [5, 5.41) is 0. The lowest BCUT2D eigenvalue weighted by molar-refractivity contribution is -0.161. The molecule has 0 fully saturated rings. The molecule has 2 N–H and O–H groups in total. The Kier molecular flexibility index (Phi) is 28.8. The van der Waals surface area contributed by atoms with E-state index in [1.165, 1.54) is 38.5 Å². The fraction of sp³-hybridized carbons (Fsp3) is 0.600. The molecule has 1 unspecified atom stereocenters. The molecule has 0 saturated heterocycles. The Morgan fingerprint density at radius 1 is 0.614 bits per heavy atom. The van der Waals surface area contributed by atoms with Crippen LogP contribution in [-0.4, -0.2) is 41.0 Å². The largest absolute Gasteiger partial charge is 0.469 e. The maximum atomic E-state index is 12.3. The molecule has 0 aromatic rings. The van der Waals surface area contributed by atoms with Crippen molar-refractivity contribution >= 4 is 19.8 Å². The highest BCUT2D eigenvalue weighted by Gasteiger charge is 2.22. The predicted octanol–water partition coefficient (Wildman–Crippen LogP) is 9.17. The number of phosphoric acid groups is 1. The zero-order chi connectivity index (χ0) is 32.6. The molecule has 0 aromatic carbocycles. The van der Waals surface area contributed by atoms with Crippen LogP contribution in [0.4, 0.5) is 0 Å². The van der Waals surface area contributed by atoms with Crippen molar-refractivity contribution in [1.82, 2.24) is 0 Å². The Balaban J connectivity index is 4.21. The molecule has 0 heterocycles. The molecule has 0 radical (unpaired) electrons. The van der Waals surface area contributed by atoms with Crippen molar-refractivity contribution in [3.63, 3.8) is 0 Å². The molecular weight excluding hydrogens is 579 g/mol. The molecule has 250 valence electrons. The Bertz CT molecular complexity index is 942. The van der Waals surface area contributed by atoms with Crippen LogP contribution in [0, 0.1) is 0 Å². The summed E-state index contributed by atoms with van der Waals surface area (Å²) < 4.78 is 26.1. The van der Waals surface area contributed by atoms with Gasteiger partial charge in [-0.25, -0.2) is 4.57 Å². The number of carbonyl (C=O) groups is 2. The SMILES string of the molecule is CC/C=C/C=C/C=C/C=C/C=C/CCCC(=O)OC(COC(=O)CCCCC/C=C/CCCCCCCC)COP(=O)(O)O. The average molecular weight is 637 g/mol.